The Morgan fingerprint density at radius 1 is 0.680 bits per heavy atom. The van der Waals surface area contributed by atoms with Gasteiger partial charge in [-0.05, 0) is 43.3 Å². The Kier molecular flexibility index (Phi) is 6.82. The first kappa shape index (κ1) is 19.2. The van der Waals surface area contributed by atoms with Crippen LogP contribution >= 0.6 is 7.26 Å². The molecule has 3 aromatic carbocycles. The van der Waals surface area contributed by atoms with E-state index in [2.05, 4.69) is 109 Å². The molecule has 0 fully saturated rings. The van der Waals surface area contributed by atoms with Crippen LogP contribution in [0.1, 0.15) is 6.92 Å². The molecule has 1 nitrogen and oxygen atoms in total. The van der Waals surface area contributed by atoms with Crippen molar-refractivity contribution in [2.24, 2.45) is 0 Å². The maximum atomic E-state index is 3.32. The van der Waals surface area contributed by atoms with Gasteiger partial charge in [0.25, 0.3) is 0 Å². The molecule has 0 atom stereocenters. The molecule has 0 unspecified atom stereocenters. The largest absolute Gasteiger partial charge is 1.00 e. The zero-order valence-electron chi connectivity index (χ0n) is 14.6. The SMILES string of the molecule is CN/C(C)=C/[P+](c1ccccc1)(c1ccccc1)c1ccccc1.[Cl-]. The van der Waals surface area contributed by atoms with E-state index < -0.39 is 7.26 Å². The summed E-state index contributed by atoms with van der Waals surface area (Å²) in [6, 6.07) is 32.6. The summed E-state index contributed by atoms with van der Waals surface area (Å²) < 4.78 is 0. The molecule has 128 valence electrons. The maximum absolute atomic E-state index is 3.32. The first-order chi connectivity index (χ1) is 11.8. The van der Waals surface area contributed by atoms with Crippen LogP contribution in [-0.2, 0) is 0 Å². The Morgan fingerprint density at radius 2 is 1.00 bits per heavy atom. The molecule has 0 saturated heterocycles. The van der Waals surface area contributed by atoms with Gasteiger partial charge in [-0.2, -0.15) is 0 Å². The van der Waals surface area contributed by atoms with Crippen molar-refractivity contribution in [2.75, 3.05) is 7.05 Å². The number of allylic oxidation sites excluding steroid dienone is 1. The van der Waals surface area contributed by atoms with Crippen molar-refractivity contribution in [1.29, 1.82) is 0 Å². The molecule has 3 rings (SSSR count). The van der Waals surface area contributed by atoms with Crippen LogP contribution in [0.25, 0.3) is 0 Å². The number of benzene rings is 3. The molecule has 0 spiro atoms. The van der Waals surface area contributed by atoms with Gasteiger partial charge in [0.2, 0.25) is 0 Å². The van der Waals surface area contributed by atoms with Crippen LogP contribution in [0.15, 0.2) is 103 Å². The fourth-order valence-corrected chi connectivity index (χ4v) is 6.99. The Labute approximate surface area is 157 Å². The van der Waals surface area contributed by atoms with E-state index in [-0.39, 0.29) is 12.4 Å². The van der Waals surface area contributed by atoms with Gasteiger partial charge >= 0.3 is 0 Å². The van der Waals surface area contributed by atoms with Crippen molar-refractivity contribution in [1.82, 2.24) is 5.32 Å². The molecular formula is C22H23ClNP. The fourth-order valence-electron chi connectivity index (χ4n) is 3.02. The van der Waals surface area contributed by atoms with E-state index in [1.807, 2.05) is 7.05 Å². The first-order valence-electron chi connectivity index (χ1n) is 8.20. The molecule has 0 amide bonds. The number of nitrogens with one attached hydrogen (secondary N) is 1. The molecule has 0 bridgehead atoms. The number of hydrogen-bond acceptors (Lipinski definition) is 1. The zero-order valence-corrected chi connectivity index (χ0v) is 16.2. The van der Waals surface area contributed by atoms with Gasteiger partial charge in [-0.25, -0.2) is 0 Å². The standard InChI is InChI=1S/C22H23NP.ClH/c1-19(23-2)18-24(20-12-6-3-7-13-20,21-14-8-4-9-15-21)22-16-10-5-11-17-22;/h3-18,23H,1-2H3;1H/q+1;/p-1/b19-18+;. The molecule has 1 N–H and O–H groups in total. The summed E-state index contributed by atoms with van der Waals surface area (Å²) in [7, 11) is 0.137. The second-order valence-electron chi connectivity index (χ2n) is 5.79. The third kappa shape index (κ3) is 3.95. The van der Waals surface area contributed by atoms with E-state index in [0.717, 1.165) is 0 Å². The number of rotatable bonds is 5. The molecule has 0 aliphatic rings. The molecular weight excluding hydrogens is 345 g/mol. The lowest BCUT2D eigenvalue weighted by molar-refractivity contribution is -0.00000481. The second-order valence-corrected chi connectivity index (χ2v) is 9.04. The van der Waals surface area contributed by atoms with E-state index in [4.69, 9.17) is 0 Å². The van der Waals surface area contributed by atoms with Crippen molar-refractivity contribution in [2.45, 2.75) is 6.92 Å². The van der Waals surface area contributed by atoms with Gasteiger partial charge in [0, 0.05) is 12.7 Å². The molecule has 0 aromatic heterocycles. The van der Waals surface area contributed by atoms with Crippen molar-refractivity contribution in [3.63, 3.8) is 0 Å². The lowest BCUT2D eigenvalue weighted by Gasteiger charge is -2.24. The Morgan fingerprint density at radius 3 is 1.28 bits per heavy atom. The van der Waals surface area contributed by atoms with Gasteiger partial charge in [0.05, 0.1) is 5.82 Å². The quantitative estimate of drug-likeness (QED) is 0.665. The summed E-state index contributed by atoms with van der Waals surface area (Å²) >= 11 is 0. The molecule has 0 aliphatic heterocycles. The van der Waals surface area contributed by atoms with E-state index >= 15 is 0 Å². The molecule has 0 heterocycles. The summed E-state index contributed by atoms with van der Waals surface area (Å²) in [5.74, 6) is 2.44. The van der Waals surface area contributed by atoms with Crippen LogP contribution in [-0.4, -0.2) is 7.05 Å². The topological polar surface area (TPSA) is 12.0 Å². The van der Waals surface area contributed by atoms with Gasteiger partial charge < -0.3 is 17.7 Å². The highest BCUT2D eigenvalue weighted by Crippen LogP contribution is 2.57. The van der Waals surface area contributed by atoms with E-state index in [1.54, 1.807) is 0 Å². The van der Waals surface area contributed by atoms with Gasteiger partial charge in [0.1, 0.15) is 23.2 Å². The smallest absolute Gasteiger partial charge is 0.138 e. The maximum Gasteiger partial charge on any atom is 0.138 e. The summed E-state index contributed by atoms with van der Waals surface area (Å²) in [6.45, 7) is 2.14. The van der Waals surface area contributed by atoms with Crippen LogP contribution in [0, 0.1) is 0 Å². The van der Waals surface area contributed by atoms with E-state index in [1.165, 1.54) is 21.6 Å². The average molecular weight is 368 g/mol. The van der Waals surface area contributed by atoms with Gasteiger partial charge in [-0.1, -0.05) is 54.6 Å². The molecule has 0 radical (unpaired) electrons. The van der Waals surface area contributed by atoms with Crippen molar-refractivity contribution in [3.8, 4) is 0 Å². The van der Waals surface area contributed by atoms with Crippen LogP contribution < -0.4 is 33.6 Å². The van der Waals surface area contributed by atoms with Crippen molar-refractivity contribution in [3.05, 3.63) is 103 Å². The summed E-state index contributed by atoms with van der Waals surface area (Å²) in [4.78, 5) is 0. The van der Waals surface area contributed by atoms with Gasteiger partial charge in [-0.15, -0.1) is 0 Å². The minimum atomic E-state index is -1.85. The van der Waals surface area contributed by atoms with Crippen LogP contribution in [0.4, 0.5) is 0 Å². The van der Waals surface area contributed by atoms with Crippen LogP contribution in [0.3, 0.4) is 0 Å². The predicted octanol–water partition coefficient (Wildman–Crippen LogP) is 1.07. The van der Waals surface area contributed by atoms with E-state index in [9.17, 15) is 0 Å². The third-order valence-electron chi connectivity index (χ3n) is 4.27. The second kappa shape index (κ2) is 8.85. The molecule has 3 heteroatoms. The lowest BCUT2D eigenvalue weighted by Crippen LogP contribution is -3.00. The monoisotopic (exact) mass is 367 g/mol. The zero-order chi connectivity index (χ0) is 16.8. The van der Waals surface area contributed by atoms with E-state index in [0.29, 0.717) is 0 Å². The summed E-state index contributed by atoms with van der Waals surface area (Å²) in [5, 5.41) is 7.44. The number of hydrogen-bond donors (Lipinski definition) is 1. The Bertz CT molecular complexity index is 705. The third-order valence-corrected chi connectivity index (χ3v) is 8.38. The molecule has 0 aliphatic carbocycles. The van der Waals surface area contributed by atoms with Crippen LogP contribution in [0.5, 0.6) is 0 Å². The molecule has 25 heavy (non-hydrogen) atoms. The highest BCUT2D eigenvalue weighted by Gasteiger charge is 2.43. The van der Waals surface area contributed by atoms with Crippen LogP contribution in [0.2, 0.25) is 0 Å². The first-order valence-corrected chi connectivity index (χ1v) is 10.1. The van der Waals surface area contributed by atoms with Crippen molar-refractivity contribution >= 4 is 23.2 Å². The highest BCUT2D eigenvalue weighted by atomic mass is 35.5. The van der Waals surface area contributed by atoms with Gasteiger partial charge in [0.15, 0.2) is 0 Å². The normalized spacial score (nSPS) is 11.5. The minimum Gasteiger partial charge on any atom is -1.00 e. The summed E-state index contributed by atoms with van der Waals surface area (Å²) in [5.41, 5.74) is 1.19. The highest BCUT2D eigenvalue weighted by molar-refractivity contribution is 7.98. The fraction of sp³-hybridized carbons (Fsp3) is 0.0909. The number of halogens is 1. The average Bonchev–Trinajstić information content (AvgIpc) is 2.68. The lowest BCUT2D eigenvalue weighted by atomic mass is 10.4. The Hall–Kier alpha value is -2.08. The van der Waals surface area contributed by atoms with Crippen molar-refractivity contribution < 1.29 is 12.4 Å². The minimum absolute atomic E-state index is 0. The molecule has 3 aromatic rings. The Balaban J connectivity index is 0.00000225. The van der Waals surface area contributed by atoms with Gasteiger partial charge in [-0.3, -0.25) is 0 Å². The molecule has 0 saturated carbocycles. The predicted molar refractivity (Wildman–Crippen MR) is 108 cm³/mol. The summed E-state index contributed by atoms with van der Waals surface area (Å²) in [6.07, 6.45) is 0.